The lowest BCUT2D eigenvalue weighted by molar-refractivity contribution is -0.114. The molecule has 122 valence electrons. The summed E-state index contributed by atoms with van der Waals surface area (Å²) >= 11 is 0. The van der Waals surface area contributed by atoms with Crippen LogP contribution < -0.4 is 5.32 Å². The molecule has 1 atom stereocenters. The number of nitrogens with one attached hydrogen (secondary N) is 1. The van der Waals surface area contributed by atoms with Gasteiger partial charge in [0.15, 0.2) is 0 Å². The zero-order chi connectivity index (χ0) is 16.7. The number of benzene rings is 1. The summed E-state index contributed by atoms with van der Waals surface area (Å²) < 4.78 is 16.9. The maximum absolute atomic E-state index is 11.9. The van der Waals surface area contributed by atoms with Gasteiger partial charge in [0.2, 0.25) is 11.8 Å². The summed E-state index contributed by atoms with van der Waals surface area (Å²) in [5.41, 5.74) is 1.81. The third kappa shape index (κ3) is 5.83. The number of hydrogen-bond donors (Lipinski definition) is 1. The molecule has 0 aliphatic rings. The van der Waals surface area contributed by atoms with Crippen LogP contribution in [-0.2, 0) is 15.6 Å². The van der Waals surface area contributed by atoms with E-state index in [1.165, 1.54) is 0 Å². The Hall–Kier alpha value is -2.21. The molecule has 5 nitrogen and oxygen atoms in total. The van der Waals surface area contributed by atoms with Crippen LogP contribution in [0.5, 0.6) is 0 Å². The lowest BCUT2D eigenvalue weighted by Gasteiger charge is -2.00. The fourth-order valence-electron chi connectivity index (χ4n) is 1.85. The number of amides is 1. The van der Waals surface area contributed by atoms with E-state index in [1.807, 2.05) is 56.3 Å². The Labute approximate surface area is 138 Å². The molecular weight excluding hydrogens is 312 g/mol. The van der Waals surface area contributed by atoms with Gasteiger partial charge in [-0.2, -0.15) is 0 Å². The van der Waals surface area contributed by atoms with Crippen molar-refractivity contribution >= 4 is 28.7 Å². The van der Waals surface area contributed by atoms with Gasteiger partial charge in [0.1, 0.15) is 5.75 Å². The van der Waals surface area contributed by atoms with Gasteiger partial charge in [-0.15, -0.1) is 0 Å². The molecule has 0 bridgehead atoms. The lowest BCUT2D eigenvalue weighted by atomic mass is 10.1. The second-order valence-electron chi connectivity index (χ2n) is 5.38. The van der Waals surface area contributed by atoms with Gasteiger partial charge in [-0.1, -0.05) is 61.5 Å². The Balaban J connectivity index is 1.78. The molecule has 23 heavy (non-hydrogen) atoms. The molecular formula is C17H20N2O3S. The molecule has 0 unspecified atom stereocenters. The predicted octanol–water partition coefficient (Wildman–Crippen LogP) is 3.20. The monoisotopic (exact) mass is 332 g/mol. The normalized spacial score (nSPS) is 12.7. The van der Waals surface area contributed by atoms with Crippen LogP contribution in [0.1, 0.15) is 31.0 Å². The van der Waals surface area contributed by atoms with E-state index in [1.54, 1.807) is 6.07 Å². The number of rotatable bonds is 7. The Morgan fingerprint density at radius 2 is 2.09 bits per heavy atom. The maximum atomic E-state index is 11.9. The topological polar surface area (TPSA) is 72.2 Å². The highest BCUT2D eigenvalue weighted by molar-refractivity contribution is 7.85. The van der Waals surface area contributed by atoms with E-state index >= 15 is 0 Å². The first-order valence-corrected chi connectivity index (χ1v) is 8.86. The zero-order valence-electron chi connectivity index (χ0n) is 13.2. The number of carbonyl (C=O) groups excluding carboxylic acids is 1. The van der Waals surface area contributed by atoms with Crippen molar-refractivity contribution in [2.45, 2.75) is 19.8 Å². The van der Waals surface area contributed by atoms with Crippen LogP contribution in [0.3, 0.4) is 0 Å². The molecule has 1 aromatic carbocycles. The van der Waals surface area contributed by atoms with Crippen LogP contribution in [0, 0.1) is 0 Å². The molecule has 1 N–H and O–H groups in total. The summed E-state index contributed by atoms with van der Waals surface area (Å²) in [6.45, 7) is 3.97. The fourth-order valence-corrected chi connectivity index (χ4v) is 2.65. The average Bonchev–Trinajstić information content (AvgIpc) is 2.97. The lowest BCUT2D eigenvalue weighted by Crippen LogP contribution is -2.20. The standard InChI is InChI=1S/C17H20N2O3S/c1-13(2)15-11-17(22-19-15)18-16(20)12-23(21)10-6-9-14-7-4-3-5-8-14/h3-9,11,13H,10,12H2,1-2H3,(H,18,20)/b9-6-/t23-/m0/s1. The summed E-state index contributed by atoms with van der Waals surface area (Å²) in [6, 6.07) is 11.4. The fraction of sp³-hybridized carbons (Fsp3) is 0.294. The molecule has 0 spiro atoms. The number of aromatic nitrogens is 1. The third-order valence-corrected chi connectivity index (χ3v) is 4.22. The van der Waals surface area contributed by atoms with E-state index in [0.29, 0.717) is 5.75 Å². The van der Waals surface area contributed by atoms with Crippen molar-refractivity contribution in [3.05, 3.63) is 53.7 Å². The van der Waals surface area contributed by atoms with E-state index in [-0.39, 0.29) is 23.5 Å². The largest absolute Gasteiger partial charge is 0.338 e. The van der Waals surface area contributed by atoms with Crippen molar-refractivity contribution in [2.75, 3.05) is 16.8 Å². The molecule has 6 heteroatoms. The summed E-state index contributed by atoms with van der Waals surface area (Å²) in [5, 5.41) is 6.43. The van der Waals surface area contributed by atoms with E-state index in [9.17, 15) is 9.00 Å². The summed E-state index contributed by atoms with van der Waals surface area (Å²) in [5.74, 6) is 0.423. The van der Waals surface area contributed by atoms with E-state index < -0.39 is 10.8 Å². The smallest absolute Gasteiger partial charge is 0.239 e. The highest BCUT2D eigenvalue weighted by atomic mass is 32.2. The average molecular weight is 332 g/mol. The molecule has 1 aromatic heterocycles. The van der Waals surface area contributed by atoms with Crippen molar-refractivity contribution in [3.63, 3.8) is 0 Å². The highest BCUT2D eigenvalue weighted by Gasteiger charge is 2.12. The van der Waals surface area contributed by atoms with Crippen molar-refractivity contribution in [2.24, 2.45) is 0 Å². The molecule has 1 heterocycles. The van der Waals surface area contributed by atoms with Gasteiger partial charge < -0.3 is 4.52 Å². The Kier molecular flexibility index (Phi) is 6.29. The minimum absolute atomic E-state index is 0.0726. The van der Waals surface area contributed by atoms with E-state index in [4.69, 9.17) is 4.52 Å². The number of nitrogens with zero attached hydrogens (tertiary/aromatic N) is 1. The van der Waals surface area contributed by atoms with Gasteiger partial charge >= 0.3 is 0 Å². The first kappa shape index (κ1) is 17.1. The number of carbonyl (C=O) groups is 1. The Morgan fingerprint density at radius 3 is 2.74 bits per heavy atom. The van der Waals surface area contributed by atoms with Gasteiger partial charge in [-0.05, 0) is 11.5 Å². The van der Waals surface area contributed by atoms with E-state index in [0.717, 1.165) is 11.3 Å². The van der Waals surface area contributed by atoms with Crippen LogP contribution in [0.15, 0.2) is 47.0 Å². The van der Waals surface area contributed by atoms with Gasteiger partial charge in [0, 0.05) is 22.6 Å². The molecule has 0 aliphatic carbocycles. The number of hydrogen-bond acceptors (Lipinski definition) is 4. The second-order valence-corrected chi connectivity index (χ2v) is 6.88. The maximum Gasteiger partial charge on any atom is 0.239 e. The molecule has 0 aliphatic heterocycles. The van der Waals surface area contributed by atoms with Gasteiger partial charge in [0.05, 0.1) is 5.69 Å². The third-order valence-electron chi connectivity index (χ3n) is 3.07. The van der Waals surface area contributed by atoms with Crippen molar-refractivity contribution in [1.82, 2.24) is 5.16 Å². The molecule has 2 aromatic rings. The predicted molar refractivity (Wildman–Crippen MR) is 92.6 cm³/mol. The molecule has 0 fully saturated rings. The van der Waals surface area contributed by atoms with Crippen LogP contribution >= 0.6 is 0 Å². The van der Waals surface area contributed by atoms with Crippen LogP contribution in [0.4, 0.5) is 5.88 Å². The molecule has 1 amide bonds. The summed E-state index contributed by atoms with van der Waals surface area (Å²) in [7, 11) is -1.26. The number of anilines is 1. The molecule has 2 rings (SSSR count). The van der Waals surface area contributed by atoms with Crippen LogP contribution in [-0.4, -0.2) is 26.8 Å². The summed E-state index contributed by atoms with van der Waals surface area (Å²) in [6.07, 6.45) is 3.70. The van der Waals surface area contributed by atoms with Crippen LogP contribution in [0.25, 0.3) is 6.08 Å². The molecule has 0 radical (unpaired) electrons. The minimum Gasteiger partial charge on any atom is -0.338 e. The first-order chi connectivity index (χ1) is 11.0. The molecule has 0 saturated carbocycles. The zero-order valence-corrected chi connectivity index (χ0v) is 14.0. The highest BCUT2D eigenvalue weighted by Crippen LogP contribution is 2.17. The SMILES string of the molecule is CC(C)c1cc(NC(=O)C[S@@](=O)C/C=C\c2ccccc2)on1. The first-order valence-electron chi connectivity index (χ1n) is 7.37. The van der Waals surface area contributed by atoms with Crippen molar-refractivity contribution in [3.8, 4) is 0 Å². The van der Waals surface area contributed by atoms with Crippen molar-refractivity contribution < 1.29 is 13.5 Å². The van der Waals surface area contributed by atoms with Gasteiger partial charge in [-0.3, -0.25) is 14.3 Å². The quantitative estimate of drug-likeness (QED) is 0.845. The van der Waals surface area contributed by atoms with Gasteiger partial charge in [0.25, 0.3) is 0 Å². The Bertz CT molecular complexity index is 693. The Morgan fingerprint density at radius 1 is 1.35 bits per heavy atom. The second kappa shape index (κ2) is 8.43. The molecule has 0 saturated heterocycles. The van der Waals surface area contributed by atoms with Crippen molar-refractivity contribution in [1.29, 1.82) is 0 Å². The van der Waals surface area contributed by atoms with E-state index in [2.05, 4.69) is 10.5 Å². The van der Waals surface area contributed by atoms with Gasteiger partial charge in [-0.25, -0.2) is 0 Å². The minimum atomic E-state index is -1.26. The summed E-state index contributed by atoms with van der Waals surface area (Å²) in [4.78, 5) is 11.8. The van der Waals surface area contributed by atoms with Crippen LogP contribution in [0.2, 0.25) is 0 Å².